The third-order valence-electron chi connectivity index (χ3n) is 12.1. The van der Waals surface area contributed by atoms with Crippen molar-refractivity contribution in [3.05, 3.63) is 144 Å². The Kier molecular flexibility index (Phi) is 13.8. The van der Waals surface area contributed by atoms with E-state index >= 15 is 0 Å². The van der Waals surface area contributed by atoms with Gasteiger partial charge in [-0.1, -0.05) is 93.6 Å². The van der Waals surface area contributed by atoms with E-state index in [1.165, 1.54) is 22.8 Å². The highest BCUT2D eigenvalue weighted by Gasteiger charge is 2.52. The summed E-state index contributed by atoms with van der Waals surface area (Å²) in [6, 6.07) is 34.0. The van der Waals surface area contributed by atoms with Gasteiger partial charge in [0, 0.05) is 76.9 Å². The van der Waals surface area contributed by atoms with Gasteiger partial charge in [-0.25, -0.2) is 0 Å². The lowest BCUT2D eigenvalue weighted by molar-refractivity contribution is -0.137. The molecule has 1 amide bonds. The molecule has 2 fully saturated rings. The largest absolute Gasteiger partial charge is 0.534 e. The number of nitrogens with zero attached hydrogens (tertiary/aromatic N) is 4. The lowest BCUT2D eigenvalue weighted by atomic mass is 9.97. The van der Waals surface area contributed by atoms with E-state index in [1.54, 1.807) is 30.2 Å². The van der Waals surface area contributed by atoms with Crippen LogP contribution in [0.25, 0.3) is 11.1 Å². The fourth-order valence-electron chi connectivity index (χ4n) is 8.88. The molecule has 2 saturated heterocycles. The number of ether oxygens (including phenoxy) is 2. The molecule has 1 aromatic heterocycles. The van der Waals surface area contributed by atoms with E-state index < -0.39 is 26.0 Å². The molecule has 2 atom stereocenters. The molecule has 7 rings (SSSR count). The van der Waals surface area contributed by atoms with Crippen LogP contribution in [0.2, 0.25) is 5.04 Å². The maximum atomic E-state index is 14.7. The zero-order valence-electron chi connectivity index (χ0n) is 35.8. The summed E-state index contributed by atoms with van der Waals surface area (Å²) in [5.74, 6) is 0.368. The third kappa shape index (κ3) is 10.3. The molecule has 0 spiro atoms. The molecule has 2 aliphatic heterocycles. The number of amides is 1. The van der Waals surface area contributed by atoms with Crippen molar-refractivity contribution in [1.29, 1.82) is 0 Å². The van der Waals surface area contributed by atoms with Crippen molar-refractivity contribution in [1.82, 2.24) is 19.7 Å². The van der Waals surface area contributed by atoms with Gasteiger partial charge in [0.1, 0.15) is 5.75 Å². The normalized spacial score (nSPS) is 18.3. The lowest BCUT2D eigenvalue weighted by Crippen LogP contribution is -2.68. The summed E-state index contributed by atoms with van der Waals surface area (Å²) in [7, 11) is -1.28. The Labute approximate surface area is 359 Å². The van der Waals surface area contributed by atoms with E-state index in [-0.39, 0.29) is 22.7 Å². The Bertz CT molecular complexity index is 2180. The minimum absolute atomic E-state index is 0.0113. The Balaban J connectivity index is 1.22. The average molecular weight is 851 g/mol. The molecule has 322 valence electrons. The van der Waals surface area contributed by atoms with Gasteiger partial charge in [-0.15, -0.1) is 0 Å². The van der Waals surface area contributed by atoms with Gasteiger partial charge in [0.2, 0.25) is 0 Å². The number of carbonyl (C=O) groups excluding carboxylic acids is 1. The van der Waals surface area contributed by atoms with Gasteiger partial charge in [0.05, 0.1) is 24.9 Å². The minimum Gasteiger partial charge on any atom is -0.534 e. The first-order chi connectivity index (χ1) is 29.2. The number of aryl methyl sites for hydroxylation is 1. The lowest BCUT2D eigenvalue weighted by Gasteiger charge is -2.44. The van der Waals surface area contributed by atoms with Crippen LogP contribution >= 0.6 is 0 Å². The summed E-state index contributed by atoms with van der Waals surface area (Å²) in [6.45, 7) is 14.7. The Morgan fingerprint density at radius 3 is 2.08 bits per heavy atom. The van der Waals surface area contributed by atoms with Crippen LogP contribution in [0.4, 0.5) is 13.2 Å². The van der Waals surface area contributed by atoms with E-state index in [2.05, 4.69) is 109 Å². The number of carbonyl (C=O) groups is 1. The second-order valence-electron chi connectivity index (χ2n) is 17.3. The molecule has 4 aromatic carbocycles. The summed E-state index contributed by atoms with van der Waals surface area (Å²) in [5, 5.41) is 2.08. The molecule has 3 heterocycles. The average Bonchev–Trinajstić information content (AvgIpc) is 3.26. The van der Waals surface area contributed by atoms with E-state index in [9.17, 15) is 18.0 Å². The predicted octanol–water partition coefficient (Wildman–Crippen LogP) is 7.73. The predicted molar refractivity (Wildman–Crippen MR) is 237 cm³/mol. The number of benzene rings is 4. The molecule has 5 aromatic rings. The van der Waals surface area contributed by atoms with E-state index in [0.29, 0.717) is 50.4 Å². The van der Waals surface area contributed by atoms with Crippen molar-refractivity contribution in [2.24, 2.45) is 0 Å². The number of aromatic nitrogens is 1. The van der Waals surface area contributed by atoms with E-state index in [1.807, 2.05) is 12.1 Å². The molecule has 0 N–H and O–H groups in total. The van der Waals surface area contributed by atoms with E-state index in [0.717, 1.165) is 55.2 Å². The monoisotopic (exact) mass is 850 g/mol. The number of methoxy groups -OCH3 is 1. The standard InChI is InChI=1S/C49H57F3N4O4Si/c1-36-16-17-37(29-46(36)60-61(48(2,3)4,44-12-8-6-9-13-44)45-14-10-7-11-15-45)28-42-33-54(22-23-55-26-27-59-43(34-55)35-58-5)24-25-56(42)47(57)40-30-39(38-18-20-53-21-19-38)31-41(32-40)49(50,51)52/h6-21,29-32,42-43H,22-28,33-35H2,1-5H3. The maximum absolute atomic E-state index is 14.7. The molecule has 2 aliphatic rings. The van der Waals surface area contributed by atoms with Gasteiger partial charge in [-0.3, -0.25) is 19.6 Å². The van der Waals surface area contributed by atoms with Gasteiger partial charge in [0.25, 0.3) is 5.91 Å². The first-order valence-corrected chi connectivity index (χ1v) is 23.0. The number of rotatable bonds is 13. The number of morpholine rings is 1. The zero-order valence-corrected chi connectivity index (χ0v) is 36.8. The van der Waals surface area contributed by atoms with Crippen LogP contribution in [0, 0.1) is 6.92 Å². The van der Waals surface area contributed by atoms with Gasteiger partial charge in [0.15, 0.2) is 0 Å². The molecular weight excluding hydrogens is 794 g/mol. The van der Waals surface area contributed by atoms with Crippen molar-refractivity contribution >= 4 is 24.6 Å². The van der Waals surface area contributed by atoms with Crippen LogP contribution in [0.1, 0.15) is 47.8 Å². The highest BCUT2D eigenvalue weighted by atomic mass is 28.4. The second kappa shape index (κ2) is 19.0. The van der Waals surface area contributed by atoms with Crippen LogP contribution in [-0.2, 0) is 22.1 Å². The quantitative estimate of drug-likeness (QED) is 0.113. The number of hydrogen-bond acceptors (Lipinski definition) is 7. The molecule has 61 heavy (non-hydrogen) atoms. The van der Waals surface area contributed by atoms with E-state index in [4.69, 9.17) is 13.9 Å². The van der Waals surface area contributed by atoms with Gasteiger partial charge in [-0.2, -0.15) is 13.2 Å². The first kappa shape index (κ1) is 44.2. The maximum Gasteiger partial charge on any atom is 0.416 e. The molecule has 8 nitrogen and oxygen atoms in total. The van der Waals surface area contributed by atoms with Crippen molar-refractivity contribution in [2.45, 2.75) is 57.5 Å². The Hall–Kier alpha value is -4.85. The molecule has 0 bridgehead atoms. The van der Waals surface area contributed by atoms with Crippen molar-refractivity contribution in [3.63, 3.8) is 0 Å². The number of alkyl halides is 3. The SMILES string of the molecule is COCC1CN(CCN2CCN(C(=O)c3cc(-c4ccncc4)cc(C(F)(F)F)c3)C(Cc3ccc(C)c(O[Si](c4ccccc4)(c4ccccc4)C(C)(C)C)c3)C2)CCO1. The fourth-order valence-corrected chi connectivity index (χ4v) is 13.4. The van der Waals surface area contributed by atoms with Crippen LogP contribution < -0.4 is 14.8 Å². The number of halogens is 3. The molecule has 2 unspecified atom stereocenters. The van der Waals surface area contributed by atoms with Gasteiger partial charge in [-0.05, 0) is 87.4 Å². The number of piperazine rings is 1. The zero-order chi connectivity index (χ0) is 43.2. The molecule has 12 heteroatoms. The Morgan fingerprint density at radius 1 is 0.803 bits per heavy atom. The minimum atomic E-state index is -4.64. The highest BCUT2D eigenvalue weighted by molar-refractivity contribution is 7.00. The van der Waals surface area contributed by atoms with Crippen LogP contribution in [0.5, 0.6) is 5.75 Å². The summed E-state index contributed by atoms with van der Waals surface area (Å²) < 4.78 is 61.9. The number of pyridine rings is 1. The smallest absolute Gasteiger partial charge is 0.416 e. The first-order valence-electron chi connectivity index (χ1n) is 21.1. The second-order valence-corrected chi connectivity index (χ2v) is 21.5. The van der Waals surface area contributed by atoms with Crippen molar-refractivity contribution < 1.29 is 31.9 Å². The van der Waals surface area contributed by atoms with Gasteiger partial charge < -0.3 is 18.8 Å². The number of hydrogen-bond donors (Lipinski definition) is 0. The topological polar surface area (TPSA) is 67.4 Å². The van der Waals surface area contributed by atoms with Crippen molar-refractivity contribution in [3.8, 4) is 16.9 Å². The summed E-state index contributed by atoms with van der Waals surface area (Å²) in [6.07, 6.45) is -1.06. The summed E-state index contributed by atoms with van der Waals surface area (Å²) in [5.41, 5.74) is 2.01. The summed E-state index contributed by atoms with van der Waals surface area (Å²) >= 11 is 0. The van der Waals surface area contributed by atoms with Crippen LogP contribution in [-0.4, -0.2) is 112 Å². The molecule has 0 aliphatic carbocycles. The Morgan fingerprint density at radius 2 is 1.46 bits per heavy atom. The molecule has 0 radical (unpaired) electrons. The van der Waals surface area contributed by atoms with Crippen molar-refractivity contribution in [2.75, 3.05) is 66.1 Å². The third-order valence-corrected chi connectivity index (χ3v) is 17.0. The molecule has 0 saturated carbocycles. The van der Waals surface area contributed by atoms with Crippen LogP contribution in [0.3, 0.4) is 0 Å². The fraction of sp³-hybridized carbons (Fsp3) is 0.388. The summed E-state index contributed by atoms with van der Waals surface area (Å²) in [4.78, 5) is 25.3. The molecular formula is C49H57F3N4O4Si. The van der Waals surface area contributed by atoms with Gasteiger partial charge >= 0.3 is 14.5 Å². The van der Waals surface area contributed by atoms with Crippen LogP contribution in [0.15, 0.2) is 122 Å². The highest BCUT2D eigenvalue weighted by Crippen LogP contribution is 2.39.